The predicted molar refractivity (Wildman–Crippen MR) is 69.2 cm³/mol. The van der Waals surface area contributed by atoms with Crippen LogP contribution in [0.5, 0.6) is 5.75 Å². The van der Waals surface area contributed by atoms with E-state index >= 15 is 0 Å². The summed E-state index contributed by atoms with van der Waals surface area (Å²) in [6.45, 7) is 0. The van der Waals surface area contributed by atoms with Gasteiger partial charge in [0.2, 0.25) is 0 Å². The smallest absolute Gasteiger partial charge is 0.148 e. The van der Waals surface area contributed by atoms with E-state index < -0.39 is 11.9 Å². The molecule has 1 aromatic carbocycles. The molecule has 4 N–H and O–H groups in total. The fraction of sp³-hybridized carbons (Fsp3) is 0.538. The number of halogens is 1. The van der Waals surface area contributed by atoms with E-state index in [1.165, 1.54) is 19.2 Å². The second kappa shape index (κ2) is 5.44. The van der Waals surface area contributed by atoms with Gasteiger partial charge in [0, 0.05) is 12.1 Å². The van der Waals surface area contributed by atoms with Gasteiger partial charge in [0.15, 0.2) is 0 Å². The molecule has 0 heterocycles. The molecule has 4 nitrogen and oxygen atoms in total. The van der Waals surface area contributed by atoms with Gasteiger partial charge in [-0.15, -0.1) is 0 Å². The third kappa shape index (κ3) is 2.67. The molecule has 0 radical (unpaired) electrons. The van der Waals surface area contributed by atoms with Gasteiger partial charge < -0.3 is 20.9 Å². The van der Waals surface area contributed by atoms with Gasteiger partial charge in [-0.2, -0.15) is 0 Å². The molecule has 1 fully saturated rings. The molecule has 0 amide bonds. The van der Waals surface area contributed by atoms with Gasteiger partial charge in [-0.1, -0.05) is 12.8 Å². The van der Waals surface area contributed by atoms with E-state index in [1.54, 1.807) is 0 Å². The van der Waals surface area contributed by atoms with Gasteiger partial charge in [-0.25, -0.2) is 4.39 Å². The largest absolute Gasteiger partial charge is 0.495 e. The lowest BCUT2D eigenvalue weighted by Gasteiger charge is -2.29. The van der Waals surface area contributed by atoms with Crippen LogP contribution < -0.4 is 15.8 Å². The maximum atomic E-state index is 13.8. The maximum Gasteiger partial charge on any atom is 0.148 e. The van der Waals surface area contributed by atoms with Gasteiger partial charge in [0.05, 0.1) is 30.6 Å². The molecule has 0 bridgehead atoms. The van der Waals surface area contributed by atoms with Crippen molar-refractivity contribution in [2.75, 3.05) is 18.2 Å². The monoisotopic (exact) mass is 254 g/mol. The summed E-state index contributed by atoms with van der Waals surface area (Å²) in [5.41, 5.74) is 6.21. The van der Waals surface area contributed by atoms with Gasteiger partial charge in [0.1, 0.15) is 11.6 Å². The second-order valence-electron chi connectivity index (χ2n) is 4.68. The van der Waals surface area contributed by atoms with Crippen LogP contribution in [0.2, 0.25) is 0 Å². The Morgan fingerprint density at radius 3 is 2.78 bits per heavy atom. The van der Waals surface area contributed by atoms with Crippen molar-refractivity contribution in [1.82, 2.24) is 0 Å². The highest BCUT2D eigenvalue weighted by Gasteiger charge is 2.24. The fourth-order valence-electron chi connectivity index (χ4n) is 2.34. The van der Waals surface area contributed by atoms with E-state index in [9.17, 15) is 9.50 Å². The quantitative estimate of drug-likeness (QED) is 0.723. The van der Waals surface area contributed by atoms with E-state index in [0.717, 1.165) is 25.7 Å². The van der Waals surface area contributed by atoms with Crippen LogP contribution in [0.1, 0.15) is 25.7 Å². The van der Waals surface area contributed by atoms with Crippen molar-refractivity contribution >= 4 is 11.4 Å². The number of aliphatic hydroxyl groups is 1. The van der Waals surface area contributed by atoms with Crippen molar-refractivity contribution in [3.63, 3.8) is 0 Å². The molecule has 1 saturated carbocycles. The third-order valence-corrected chi connectivity index (χ3v) is 3.39. The number of nitrogens with two attached hydrogens (primary N) is 1. The van der Waals surface area contributed by atoms with Crippen molar-refractivity contribution in [2.24, 2.45) is 0 Å². The minimum atomic E-state index is -0.429. The number of nitrogens with one attached hydrogen (secondary N) is 1. The average molecular weight is 254 g/mol. The number of benzene rings is 1. The second-order valence-corrected chi connectivity index (χ2v) is 4.68. The van der Waals surface area contributed by atoms with Crippen molar-refractivity contribution in [2.45, 2.75) is 37.8 Å². The molecule has 1 aliphatic carbocycles. The van der Waals surface area contributed by atoms with Crippen LogP contribution in [0.15, 0.2) is 12.1 Å². The Balaban J connectivity index is 2.17. The molecule has 2 atom stereocenters. The van der Waals surface area contributed by atoms with Gasteiger partial charge >= 0.3 is 0 Å². The van der Waals surface area contributed by atoms with E-state index in [2.05, 4.69) is 5.32 Å². The van der Waals surface area contributed by atoms with E-state index in [0.29, 0.717) is 11.4 Å². The molecule has 0 saturated heterocycles. The first kappa shape index (κ1) is 13.0. The maximum absolute atomic E-state index is 13.8. The molecular formula is C13H19FN2O2. The molecular weight excluding hydrogens is 235 g/mol. The molecule has 1 aromatic rings. The number of methoxy groups -OCH3 is 1. The molecule has 0 aliphatic heterocycles. The van der Waals surface area contributed by atoms with Crippen LogP contribution in [-0.4, -0.2) is 24.4 Å². The lowest BCUT2D eigenvalue weighted by atomic mass is 9.92. The first-order valence-electron chi connectivity index (χ1n) is 6.19. The van der Waals surface area contributed by atoms with Gasteiger partial charge in [-0.05, 0) is 12.8 Å². The van der Waals surface area contributed by atoms with Crippen LogP contribution in [0, 0.1) is 5.82 Å². The minimum absolute atomic E-state index is 0.110. The van der Waals surface area contributed by atoms with Crippen LogP contribution in [-0.2, 0) is 0 Å². The van der Waals surface area contributed by atoms with Gasteiger partial charge in [-0.3, -0.25) is 0 Å². The van der Waals surface area contributed by atoms with E-state index in [-0.39, 0.29) is 11.7 Å². The highest BCUT2D eigenvalue weighted by atomic mass is 19.1. The highest BCUT2D eigenvalue weighted by Crippen LogP contribution is 2.30. The number of aliphatic hydroxyl groups excluding tert-OH is 1. The normalized spacial score (nSPS) is 23.7. The summed E-state index contributed by atoms with van der Waals surface area (Å²) in [6.07, 6.45) is 3.23. The summed E-state index contributed by atoms with van der Waals surface area (Å²) in [5, 5.41) is 12.9. The first-order chi connectivity index (χ1) is 8.61. The standard InChI is InChI=1S/C13H19FN2O2/c1-18-13-7-11(8(14)6-9(13)15)16-10-4-2-3-5-12(10)17/h6-7,10,12,16-17H,2-5,15H2,1H3. The predicted octanol–water partition coefficient (Wildman–Crippen LogP) is 2.13. The van der Waals surface area contributed by atoms with Crippen LogP contribution in [0.3, 0.4) is 0 Å². The summed E-state index contributed by atoms with van der Waals surface area (Å²) >= 11 is 0. The molecule has 100 valence electrons. The SMILES string of the molecule is COc1cc(NC2CCCCC2O)c(F)cc1N. The lowest BCUT2D eigenvalue weighted by Crippen LogP contribution is -2.36. The van der Waals surface area contributed by atoms with Gasteiger partial charge in [0.25, 0.3) is 0 Å². The topological polar surface area (TPSA) is 67.5 Å². The average Bonchev–Trinajstić information content (AvgIpc) is 2.35. The van der Waals surface area contributed by atoms with Crippen molar-refractivity contribution in [3.05, 3.63) is 17.9 Å². The van der Waals surface area contributed by atoms with E-state index in [4.69, 9.17) is 10.5 Å². The number of hydrogen-bond acceptors (Lipinski definition) is 4. The Morgan fingerprint density at radius 1 is 1.39 bits per heavy atom. The lowest BCUT2D eigenvalue weighted by molar-refractivity contribution is 0.116. The number of anilines is 2. The number of ether oxygens (including phenoxy) is 1. The molecule has 1 aliphatic rings. The van der Waals surface area contributed by atoms with Crippen molar-refractivity contribution < 1.29 is 14.2 Å². The van der Waals surface area contributed by atoms with Crippen molar-refractivity contribution in [3.8, 4) is 5.75 Å². The Morgan fingerprint density at radius 2 is 2.11 bits per heavy atom. The fourth-order valence-corrected chi connectivity index (χ4v) is 2.34. The molecule has 5 heteroatoms. The van der Waals surface area contributed by atoms with E-state index in [1.807, 2.05) is 0 Å². The Bertz CT molecular complexity index is 426. The van der Waals surface area contributed by atoms with Crippen LogP contribution >= 0.6 is 0 Å². The molecule has 0 spiro atoms. The van der Waals surface area contributed by atoms with Crippen molar-refractivity contribution in [1.29, 1.82) is 0 Å². The summed E-state index contributed by atoms with van der Waals surface area (Å²) < 4.78 is 18.8. The zero-order valence-corrected chi connectivity index (χ0v) is 10.4. The number of hydrogen-bond donors (Lipinski definition) is 3. The summed E-state index contributed by atoms with van der Waals surface area (Å²) in [6, 6.07) is 2.66. The molecule has 2 rings (SSSR count). The van der Waals surface area contributed by atoms with Crippen LogP contribution in [0.4, 0.5) is 15.8 Å². The Labute approximate surface area is 106 Å². The summed E-state index contributed by atoms with van der Waals surface area (Å²) in [7, 11) is 1.49. The Hall–Kier alpha value is -1.49. The minimum Gasteiger partial charge on any atom is -0.495 e. The first-order valence-corrected chi connectivity index (χ1v) is 6.19. The zero-order valence-electron chi connectivity index (χ0n) is 10.4. The third-order valence-electron chi connectivity index (χ3n) is 3.39. The molecule has 18 heavy (non-hydrogen) atoms. The summed E-state index contributed by atoms with van der Waals surface area (Å²) in [5.74, 6) is 0.00951. The van der Waals surface area contributed by atoms with Crippen LogP contribution in [0.25, 0.3) is 0 Å². The summed E-state index contributed by atoms with van der Waals surface area (Å²) in [4.78, 5) is 0. The Kier molecular flexibility index (Phi) is 3.91. The zero-order chi connectivity index (χ0) is 13.1. The molecule has 0 aromatic heterocycles. The number of nitrogen functional groups attached to an aromatic ring is 1. The highest BCUT2D eigenvalue weighted by molar-refractivity contribution is 5.62. The molecule has 2 unspecified atom stereocenters. The number of rotatable bonds is 3.